The Morgan fingerprint density at radius 2 is 1.76 bits per heavy atom. The van der Waals surface area contributed by atoms with E-state index < -0.39 is 0 Å². The maximum absolute atomic E-state index is 4.19. The molecule has 0 fully saturated rings. The van der Waals surface area contributed by atoms with E-state index in [0.29, 0.717) is 11.8 Å². The van der Waals surface area contributed by atoms with Crippen molar-refractivity contribution in [2.24, 2.45) is 11.8 Å². The summed E-state index contributed by atoms with van der Waals surface area (Å²) in [7, 11) is 0. The Kier molecular flexibility index (Phi) is 7.31. The highest BCUT2D eigenvalue weighted by Crippen LogP contribution is 2.23. The Labute approximate surface area is 134 Å². The van der Waals surface area contributed by atoms with Gasteiger partial charge in [0.25, 0.3) is 0 Å². The van der Waals surface area contributed by atoms with Crippen molar-refractivity contribution in [1.82, 2.24) is 0 Å². The smallest absolute Gasteiger partial charge is 0.0225 e. The van der Waals surface area contributed by atoms with Gasteiger partial charge in [0, 0.05) is 10.7 Å². The highest BCUT2D eigenvalue weighted by Gasteiger charge is 2.10. The summed E-state index contributed by atoms with van der Waals surface area (Å²) in [6.45, 7) is 18.9. The van der Waals surface area contributed by atoms with Gasteiger partial charge in [-0.2, -0.15) is 0 Å². The Balaban J connectivity index is 2.99. The maximum Gasteiger partial charge on any atom is 0.0225 e. The predicted octanol–water partition coefficient (Wildman–Crippen LogP) is 6.25. The predicted molar refractivity (Wildman–Crippen MR) is 99.4 cm³/mol. The van der Waals surface area contributed by atoms with E-state index in [9.17, 15) is 0 Å². The van der Waals surface area contributed by atoms with Crippen molar-refractivity contribution < 1.29 is 0 Å². The highest BCUT2D eigenvalue weighted by molar-refractivity contribution is 8.03. The Morgan fingerprint density at radius 1 is 1.05 bits per heavy atom. The molecule has 1 heterocycles. The largest absolute Gasteiger partial charge is 0.122 e. The van der Waals surface area contributed by atoms with E-state index in [1.54, 1.807) is 11.8 Å². The zero-order valence-electron chi connectivity index (χ0n) is 13.4. The van der Waals surface area contributed by atoms with Crippen LogP contribution in [-0.2, 0) is 0 Å². The van der Waals surface area contributed by atoms with Crippen LogP contribution < -0.4 is 0 Å². The van der Waals surface area contributed by atoms with Gasteiger partial charge in [-0.3, -0.25) is 0 Å². The molecule has 0 N–H and O–H groups in total. The Hall–Kier alpha value is -1.47. The molecule has 1 rings (SSSR count). The molecular weight excluding hydrogens is 272 g/mol. The van der Waals surface area contributed by atoms with Crippen LogP contribution in [0.3, 0.4) is 0 Å². The fourth-order valence-electron chi connectivity index (χ4n) is 1.90. The van der Waals surface area contributed by atoms with Crippen molar-refractivity contribution in [3.63, 3.8) is 0 Å². The third-order valence-electron chi connectivity index (χ3n) is 3.62. The molecule has 2 atom stereocenters. The summed E-state index contributed by atoms with van der Waals surface area (Å²) >= 11 is 1.72. The molecule has 0 aromatic carbocycles. The zero-order chi connectivity index (χ0) is 15.8. The normalized spacial score (nSPS) is 32.5. The fourth-order valence-corrected chi connectivity index (χ4v) is 2.64. The van der Waals surface area contributed by atoms with Gasteiger partial charge in [0.05, 0.1) is 0 Å². The van der Waals surface area contributed by atoms with Crippen molar-refractivity contribution in [2.45, 2.75) is 20.8 Å². The van der Waals surface area contributed by atoms with Crippen LogP contribution in [0.5, 0.6) is 0 Å². The summed E-state index contributed by atoms with van der Waals surface area (Å²) in [4.78, 5) is 1.06. The number of thioether (sulfide) groups is 1. The second-order valence-electron chi connectivity index (χ2n) is 5.60. The van der Waals surface area contributed by atoms with E-state index in [2.05, 4.69) is 83.0 Å². The average Bonchev–Trinajstić information content (AvgIpc) is 2.45. The number of rotatable bonds is 0. The van der Waals surface area contributed by atoms with E-state index in [0.717, 1.165) is 21.8 Å². The van der Waals surface area contributed by atoms with Crippen LogP contribution in [0.2, 0.25) is 0 Å². The molecule has 0 saturated carbocycles. The monoisotopic (exact) mass is 298 g/mol. The lowest BCUT2D eigenvalue weighted by atomic mass is 9.88. The first kappa shape index (κ1) is 17.6. The molecule has 0 bridgehead atoms. The van der Waals surface area contributed by atoms with E-state index in [1.165, 1.54) is 5.57 Å². The van der Waals surface area contributed by atoms with Gasteiger partial charge in [-0.05, 0) is 30.4 Å². The molecule has 1 aliphatic heterocycles. The van der Waals surface area contributed by atoms with Gasteiger partial charge in [0.15, 0.2) is 0 Å². The first-order valence-corrected chi connectivity index (χ1v) is 8.28. The van der Waals surface area contributed by atoms with Gasteiger partial charge in [0.1, 0.15) is 0 Å². The zero-order valence-corrected chi connectivity index (χ0v) is 14.2. The lowest BCUT2D eigenvalue weighted by Crippen LogP contribution is -2.06. The molecule has 0 amide bonds. The van der Waals surface area contributed by atoms with Crippen molar-refractivity contribution in [3.8, 4) is 0 Å². The van der Waals surface area contributed by atoms with Crippen LogP contribution in [0.25, 0.3) is 0 Å². The number of allylic oxidation sites excluding steroid dienone is 9. The van der Waals surface area contributed by atoms with Crippen LogP contribution in [0.4, 0.5) is 0 Å². The fraction of sp³-hybridized carbons (Fsp3) is 0.300. The lowest BCUT2D eigenvalue weighted by Gasteiger charge is -2.16. The van der Waals surface area contributed by atoms with Crippen LogP contribution in [-0.4, -0.2) is 5.75 Å². The second-order valence-corrected chi connectivity index (χ2v) is 6.70. The average molecular weight is 298 g/mol. The van der Waals surface area contributed by atoms with Crippen LogP contribution in [0.15, 0.2) is 83.9 Å². The Morgan fingerprint density at radius 3 is 2.48 bits per heavy atom. The van der Waals surface area contributed by atoms with Gasteiger partial charge < -0.3 is 0 Å². The molecule has 0 aromatic rings. The van der Waals surface area contributed by atoms with Crippen molar-refractivity contribution in [1.29, 1.82) is 0 Å². The first-order valence-electron chi connectivity index (χ1n) is 7.29. The molecular formula is C20H26S. The first-order chi connectivity index (χ1) is 9.90. The second kappa shape index (κ2) is 8.74. The molecule has 1 heteroatoms. The molecule has 0 spiro atoms. The topological polar surface area (TPSA) is 0 Å². The van der Waals surface area contributed by atoms with E-state index in [4.69, 9.17) is 0 Å². The van der Waals surface area contributed by atoms with Crippen molar-refractivity contribution in [2.75, 3.05) is 5.75 Å². The SMILES string of the molecule is C=C1/C=C\C=C/C(C)[C@H](C)C(=C)/C=C\C(C)=C/C(=C)SC1. The summed E-state index contributed by atoms with van der Waals surface area (Å²) in [6, 6.07) is 0. The molecule has 1 unspecified atom stereocenters. The van der Waals surface area contributed by atoms with Gasteiger partial charge in [0.2, 0.25) is 0 Å². The van der Waals surface area contributed by atoms with Crippen LogP contribution in [0, 0.1) is 11.8 Å². The molecule has 1 aliphatic rings. The van der Waals surface area contributed by atoms with E-state index in [1.807, 2.05) is 0 Å². The number of hydrogen-bond donors (Lipinski definition) is 0. The Bertz CT molecular complexity index is 526. The van der Waals surface area contributed by atoms with E-state index in [-0.39, 0.29) is 0 Å². The summed E-state index contributed by atoms with van der Waals surface area (Å²) in [5, 5.41) is 0. The van der Waals surface area contributed by atoms with Gasteiger partial charge in [-0.1, -0.05) is 81.2 Å². The minimum atomic E-state index is 0.421. The summed E-state index contributed by atoms with van der Waals surface area (Å²) in [6.07, 6.45) is 14.8. The van der Waals surface area contributed by atoms with Crippen LogP contribution >= 0.6 is 11.8 Å². The van der Waals surface area contributed by atoms with Crippen LogP contribution in [0.1, 0.15) is 20.8 Å². The molecule has 112 valence electrons. The third-order valence-corrected chi connectivity index (χ3v) is 4.63. The molecule has 0 saturated heterocycles. The molecule has 0 aromatic heterocycles. The highest BCUT2D eigenvalue weighted by atomic mass is 32.2. The minimum Gasteiger partial charge on any atom is -0.122 e. The summed E-state index contributed by atoms with van der Waals surface area (Å²) in [5.74, 6) is 1.75. The standard InChI is InChI=1S/C20H26S/c1-15-11-12-18(4)20(6)17(3)10-8-7-9-16(2)14-21-19(5)13-15/h7-13,17,20H,2,4-5,14H2,1,3,6H3/b9-7-,10-8-,12-11-,15-13-/t17?,20-/m0/s1. The lowest BCUT2D eigenvalue weighted by molar-refractivity contribution is 0.540. The molecule has 0 aliphatic carbocycles. The van der Waals surface area contributed by atoms with Gasteiger partial charge in [-0.25, -0.2) is 0 Å². The minimum absolute atomic E-state index is 0.421. The quantitative estimate of drug-likeness (QED) is 0.509. The van der Waals surface area contributed by atoms with Crippen molar-refractivity contribution >= 4 is 11.8 Å². The third kappa shape index (κ3) is 6.68. The summed E-state index contributed by atoms with van der Waals surface area (Å²) < 4.78 is 0. The summed E-state index contributed by atoms with van der Waals surface area (Å²) in [5.41, 5.74) is 3.45. The van der Waals surface area contributed by atoms with Gasteiger partial charge in [-0.15, -0.1) is 11.8 Å². The number of hydrogen-bond acceptors (Lipinski definition) is 1. The van der Waals surface area contributed by atoms with E-state index >= 15 is 0 Å². The van der Waals surface area contributed by atoms with Gasteiger partial charge >= 0.3 is 0 Å². The maximum atomic E-state index is 4.19. The molecule has 0 radical (unpaired) electrons. The molecule has 0 nitrogen and oxygen atoms in total. The van der Waals surface area contributed by atoms with Crippen molar-refractivity contribution in [3.05, 3.63) is 83.9 Å². The molecule has 21 heavy (non-hydrogen) atoms.